The second-order valence-corrected chi connectivity index (χ2v) is 7.81. The molecule has 0 aliphatic carbocycles. The zero-order chi connectivity index (χ0) is 10.5. The summed E-state index contributed by atoms with van der Waals surface area (Å²) in [5.41, 5.74) is 0. The van der Waals surface area contributed by atoms with Crippen molar-refractivity contribution in [1.29, 1.82) is 0 Å². The van der Waals surface area contributed by atoms with Gasteiger partial charge in [-0.15, -0.1) is 0 Å². The molecule has 0 aromatic carbocycles. The molecule has 0 heterocycles. The molecule has 1 atom stereocenters. The Balaban J connectivity index is 3.76. The van der Waals surface area contributed by atoms with Crippen molar-refractivity contribution in [3.05, 3.63) is 0 Å². The van der Waals surface area contributed by atoms with Crippen LogP contribution in [0.2, 0.25) is 0 Å². The van der Waals surface area contributed by atoms with Crippen molar-refractivity contribution in [2.75, 3.05) is 17.3 Å². The molecule has 80 valence electrons. The van der Waals surface area contributed by atoms with Gasteiger partial charge in [0.05, 0.1) is 5.75 Å². The maximum atomic E-state index is 11.2. The molecule has 0 spiro atoms. The summed E-state index contributed by atoms with van der Waals surface area (Å²) >= 11 is 0. The van der Waals surface area contributed by atoms with E-state index in [2.05, 4.69) is 0 Å². The van der Waals surface area contributed by atoms with Crippen molar-refractivity contribution in [1.82, 2.24) is 0 Å². The lowest BCUT2D eigenvalue weighted by atomic mass is 10.6. The first-order chi connectivity index (χ1) is 5.89. The number of hydrogen-bond donors (Lipinski definition) is 0. The van der Waals surface area contributed by atoms with Gasteiger partial charge in [0, 0.05) is 27.6 Å². The zero-order valence-corrected chi connectivity index (χ0v) is 10.1. The van der Waals surface area contributed by atoms with Crippen LogP contribution < -0.4 is 0 Å². The van der Waals surface area contributed by atoms with Crippen molar-refractivity contribution in [2.24, 2.45) is 0 Å². The highest BCUT2D eigenvalue weighted by Gasteiger charge is 2.09. The molecule has 3 nitrogen and oxygen atoms in total. The topological polar surface area (TPSA) is 51.2 Å². The summed E-state index contributed by atoms with van der Waals surface area (Å²) in [4.78, 5) is 0. The van der Waals surface area contributed by atoms with Crippen LogP contribution >= 0.6 is 0 Å². The molecule has 0 saturated carbocycles. The Kier molecular flexibility index (Phi) is 5.80. The molecular formula is C8H18O3S2. The predicted octanol–water partition coefficient (Wildman–Crippen LogP) is 0.968. The zero-order valence-electron chi connectivity index (χ0n) is 8.45. The third-order valence-electron chi connectivity index (χ3n) is 1.77. The first kappa shape index (κ1) is 13.1. The van der Waals surface area contributed by atoms with Crippen LogP contribution in [-0.4, -0.2) is 35.1 Å². The quantitative estimate of drug-likeness (QED) is 0.678. The first-order valence-corrected chi connectivity index (χ1v) is 7.67. The lowest BCUT2D eigenvalue weighted by Gasteiger charge is -2.04. The maximum absolute atomic E-state index is 11.2. The third kappa shape index (κ3) is 6.21. The van der Waals surface area contributed by atoms with Gasteiger partial charge in [-0.2, -0.15) is 0 Å². The van der Waals surface area contributed by atoms with Crippen LogP contribution in [0.5, 0.6) is 0 Å². The van der Waals surface area contributed by atoms with Crippen molar-refractivity contribution in [2.45, 2.75) is 32.4 Å². The van der Waals surface area contributed by atoms with E-state index >= 15 is 0 Å². The van der Waals surface area contributed by atoms with Crippen LogP contribution in [-0.2, 0) is 20.6 Å². The van der Waals surface area contributed by atoms with Crippen LogP contribution in [0.25, 0.3) is 0 Å². The molecule has 0 amide bonds. The van der Waals surface area contributed by atoms with Crippen LogP contribution in [0.15, 0.2) is 0 Å². The molecule has 0 bridgehead atoms. The largest absolute Gasteiger partial charge is 0.259 e. The molecule has 0 saturated heterocycles. The van der Waals surface area contributed by atoms with Gasteiger partial charge in [0.15, 0.2) is 0 Å². The average Bonchev–Trinajstić information content (AvgIpc) is 2.04. The van der Waals surface area contributed by atoms with Gasteiger partial charge in [-0.25, -0.2) is 8.42 Å². The summed E-state index contributed by atoms with van der Waals surface area (Å²) in [5, 5.41) is 0.129. The van der Waals surface area contributed by atoms with E-state index in [0.717, 1.165) is 0 Å². The van der Waals surface area contributed by atoms with E-state index < -0.39 is 20.6 Å². The van der Waals surface area contributed by atoms with Crippen molar-refractivity contribution < 1.29 is 12.6 Å². The Morgan fingerprint density at radius 3 is 2.23 bits per heavy atom. The van der Waals surface area contributed by atoms with Gasteiger partial charge in [0.25, 0.3) is 0 Å². The Morgan fingerprint density at radius 2 is 1.85 bits per heavy atom. The second-order valence-electron chi connectivity index (χ2n) is 3.22. The number of hydrogen-bond acceptors (Lipinski definition) is 3. The molecule has 0 aliphatic heterocycles. The first-order valence-electron chi connectivity index (χ1n) is 4.46. The summed E-state index contributed by atoms with van der Waals surface area (Å²) in [6, 6.07) is 0. The van der Waals surface area contributed by atoms with Gasteiger partial charge < -0.3 is 0 Å². The second kappa shape index (κ2) is 5.75. The van der Waals surface area contributed by atoms with Crippen LogP contribution in [0, 0.1) is 0 Å². The molecule has 0 fully saturated rings. The summed E-state index contributed by atoms with van der Waals surface area (Å²) in [6.07, 6.45) is 0.515. The number of sulfone groups is 1. The highest BCUT2D eigenvalue weighted by atomic mass is 32.2. The fraction of sp³-hybridized carbons (Fsp3) is 1.00. The standard InChI is InChI=1S/C8H18O3S2/c1-4-13(10,11)7-5-6-12(9)8(2)3/h8H,4-7H2,1-3H3. The molecule has 0 aromatic heterocycles. The van der Waals surface area contributed by atoms with Gasteiger partial charge in [0.2, 0.25) is 0 Å². The van der Waals surface area contributed by atoms with E-state index in [1.165, 1.54) is 0 Å². The van der Waals surface area contributed by atoms with Crippen molar-refractivity contribution >= 4 is 20.6 Å². The summed E-state index contributed by atoms with van der Waals surface area (Å²) in [5.74, 6) is 0.847. The van der Waals surface area contributed by atoms with Crippen LogP contribution in [0.1, 0.15) is 27.2 Å². The highest BCUT2D eigenvalue weighted by molar-refractivity contribution is 7.91. The smallest absolute Gasteiger partial charge is 0.150 e. The molecule has 0 radical (unpaired) electrons. The normalized spacial score (nSPS) is 14.8. The van der Waals surface area contributed by atoms with Gasteiger partial charge in [-0.3, -0.25) is 4.21 Å². The fourth-order valence-electron chi connectivity index (χ4n) is 0.801. The average molecular weight is 226 g/mol. The minimum atomic E-state index is -2.88. The molecule has 0 rings (SSSR count). The molecule has 13 heavy (non-hydrogen) atoms. The molecule has 0 aliphatic rings. The molecule has 0 N–H and O–H groups in total. The van der Waals surface area contributed by atoms with Gasteiger partial charge >= 0.3 is 0 Å². The van der Waals surface area contributed by atoms with Gasteiger partial charge in [-0.1, -0.05) is 20.8 Å². The molecule has 1 unspecified atom stereocenters. The Morgan fingerprint density at radius 1 is 1.31 bits per heavy atom. The lowest BCUT2D eigenvalue weighted by molar-refractivity contribution is 0.596. The lowest BCUT2D eigenvalue weighted by Crippen LogP contribution is -2.15. The van der Waals surface area contributed by atoms with Crippen LogP contribution in [0.3, 0.4) is 0 Å². The van der Waals surface area contributed by atoms with Crippen molar-refractivity contribution in [3.8, 4) is 0 Å². The van der Waals surface area contributed by atoms with E-state index in [1.54, 1.807) is 6.92 Å². The van der Waals surface area contributed by atoms with E-state index in [4.69, 9.17) is 0 Å². The number of rotatable bonds is 6. The highest BCUT2D eigenvalue weighted by Crippen LogP contribution is 1.99. The van der Waals surface area contributed by atoms with E-state index in [1.807, 2.05) is 13.8 Å². The van der Waals surface area contributed by atoms with Gasteiger partial charge in [0.1, 0.15) is 9.84 Å². The minimum absolute atomic E-state index is 0.129. The van der Waals surface area contributed by atoms with Gasteiger partial charge in [-0.05, 0) is 6.42 Å². The molecular weight excluding hydrogens is 208 g/mol. The van der Waals surface area contributed by atoms with E-state index in [-0.39, 0.29) is 16.8 Å². The SMILES string of the molecule is CCS(=O)(=O)CCCS(=O)C(C)C. The summed E-state index contributed by atoms with van der Waals surface area (Å²) in [6.45, 7) is 5.39. The van der Waals surface area contributed by atoms with E-state index in [9.17, 15) is 12.6 Å². The Bertz CT molecular complexity index is 255. The van der Waals surface area contributed by atoms with Crippen molar-refractivity contribution in [3.63, 3.8) is 0 Å². The molecule has 5 heteroatoms. The fourth-order valence-corrected chi connectivity index (χ4v) is 2.76. The molecule has 0 aromatic rings. The Labute approximate surface area is 83.3 Å². The Hall–Kier alpha value is 0.1000. The monoisotopic (exact) mass is 226 g/mol. The predicted molar refractivity (Wildman–Crippen MR) is 57.1 cm³/mol. The van der Waals surface area contributed by atoms with E-state index in [0.29, 0.717) is 12.2 Å². The summed E-state index contributed by atoms with van der Waals surface area (Å²) < 4.78 is 33.3. The maximum Gasteiger partial charge on any atom is 0.150 e. The third-order valence-corrected chi connectivity index (χ3v) is 5.30. The summed E-state index contributed by atoms with van der Waals surface area (Å²) in [7, 11) is -3.75. The minimum Gasteiger partial charge on any atom is -0.259 e. The van der Waals surface area contributed by atoms with Crippen LogP contribution in [0.4, 0.5) is 0 Å².